The number of amides is 1. The number of furan rings is 1. The number of rotatable bonds is 6. The number of methoxy groups -OCH3 is 1. The molecule has 0 fully saturated rings. The van der Waals surface area contributed by atoms with E-state index in [2.05, 4.69) is 0 Å². The van der Waals surface area contributed by atoms with E-state index < -0.39 is 11.9 Å². The van der Waals surface area contributed by atoms with Gasteiger partial charge in [-0.2, -0.15) is 0 Å². The molecular formula is C20H16NO5-. The van der Waals surface area contributed by atoms with Crippen LogP contribution in [-0.4, -0.2) is 19.0 Å². The number of carboxylic acids is 1. The third-order valence-electron chi connectivity index (χ3n) is 3.89. The van der Waals surface area contributed by atoms with Crippen LogP contribution in [0.25, 0.3) is 0 Å². The summed E-state index contributed by atoms with van der Waals surface area (Å²) in [6, 6.07) is 16.5. The monoisotopic (exact) mass is 350 g/mol. The Morgan fingerprint density at radius 3 is 2.38 bits per heavy atom. The summed E-state index contributed by atoms with van der Waals surface area (Å²) in [6.45, 7) is 0.161. The third kappa shape index (κ3) is 3.59. The molecule has 6 nitrogen and oxygen atoms in total. The Morgan fingerprint density at radius 2 is 1.77 bits per heavy atom. The Labute approximate surface area is 150 Å². The number of nitrogens with zero attached hydrogens (tertiary/aromatic N) is 1. The summed E-state index contributed by atoms with van der Waals surface area (Å²) in [7, 11) is 1.57. The van der Waals surface area contributed by atoms with E-state index in [9.17, 15) is 14.7 Å². The lowest BCUT2D eigenvalue weighted by Gasteiger charge is -2.25. The van der Waals surface area contributed by atoms with Gasteiger partial charge < -0.3 is 24.0 Å². The van der Waals surface area contributed by atoms with Crippen LogP contribution in [0, 0.1) is 0 Å². The number of ether oxygens (including phenoxy) is 1. The summed E-state index contributed by atoms with van der Waals surface area (Å²) in [5, 5.41) is 11.5. The summed E-state index contributed by atoms with van der Waals surface area (Å²) >= 11 is 0. The van der Waals surface area contributed by atoms with Crippen LogP contribution in [0.15, 0.2) is 71.3 Å². The Bertz CT molecular complexity index is 900. The summed E-state index contributed by atoms with van der Waals surface area (Å²) < 4.78 is 10.3. The molecule has 3 aromatic rings. The van der Waals surface area contributed by atoms with Crippen LogP contribution >= 0.6 is 0 Å². The van der Waals surface area contributed by atoms with Crippen molar-refractivity contribution in [2.45, 2.75) is 6.54 Å². The lowest BCUT2D eigenvalue weighted by Crippen LogP contribution is -2.33. The first-order chi connectivity index (χ1) is 12.6. The van der Waals surface area contributed by atoms with Gasteiger partial charge in [0.15, 0.2) is 5.76 Å². The number of carbonyl (C=O) groups is 2. The number of hydrogen-bond donors (Lipinski definition) is 0. The number of hydrogen-bond acceptors (Lipinski definition) is 5. The second-order valence-corrected chi connectivity index (χ2v) is 5.52. The lowest BCUT2D eigenvalue weighted by atomic mass is 10.1. The van der Waals surface area contributed by atoms with E-state index in [1.807, 2.05) is 12.1 Å². The van der Waals surface area contributed by atoms with Crippen molar-refractivity contribution < 1.29 is 23.8 Å². The van der Waals surface area contributed by atoms with Gasteiger partial charge in [-0.25, -0.2) is 0 Å². The first-order valence-electron chi connectivity index (χ1n) is 7.89. The topological polar surface area (TPSA) is 82.8 Å². The third-order valence-corrected chi connectivity index (χ3v) is 3.89. The van der Waals surface area contributed by atoms with Gasteiger partial charge in [-0.15, -0.1) is 0 Å². The van der Waals surface area contributed by atoms with Gasteiger partial charge in [0.1, 0.15) is 5.75 Å². The number of carboxylic acid groups (broad SMARTS) is 1. The molecule has 0 bridgehead atoms. The predicted octanol–water partition coefficient (Wildman–Crippen LogP) is 2.50. The van der Waals surface area contributed by atoms with Crippen LogP contribution in [0.3, 0.4) is 0 Å². The van der Waals surface area contributed by atoms with Gasteiger partial charge in [0.05, 0.1) is 31.6 Å². The zero-order valence-corrected chi connectivity index (χ0v) is 14.0. The molecule has 0 saturated carbocycles. The SMILES string of the molecule is COc1ccc(CN(C(=O)c2ccco2)c2ccccc2C(=O)[O-])cc1. The molecule has 0 aliphatic carbocycles. The maximum Gasteiger partial charge on any atom is 0.294 e. The van der Waals surface area contributed by atoms with Crippen LogP contribution in [0.4, 0.5) is 5.69 Å². The maximum atomic E-state index is 12.9. The number of para-hydroxylation sites is 1. The van der Waals surface area contributed by atoms with Gasteiger partial charge in [-0.3, -0.25) is 4.79 Å². The van der Waals surface area contributed by atoms with E-state index in [4.69, 9.17) is 9.15 Å². The minimum atomic E-state index is -1.35. The molecule has 0 aliphatic heterocycles. The smallest absolute Gasteiger partial charge is 0.294 e. The highest BCUT2D eigenvalue weighted by atomic mass is 16.5. The van der Waals surface area contributed by atoms with E-state index in [1.165, 1.54) is 23.3 Å². The molecule has 0 unspecified atom stereocenters. The zero-order chi connectivity index (χ0) is 18.5. The zero-order valence-electron chi connectivity index (χ0n) is 14.0. The molecule has 0 atom stereocenters. The summed E-state index contributed by atoms with van der Waals surface area (Å²) in [5.41, 5.74) is 0.976. The van der Waals surface area contributed by atoms with Crippen molar-refractivity contribution in [2.24, 2.45) is 0 Å². The molecule has 6 heteroatoms. The van der Waals surface area contributed by atoms with E-state index in [0.717, 1.165) is 5.56 Å². The average Bonchev–Trinajstić information content (AvgIpc) is 3.21. The second-order valence-electron chi connectivity index (χ2n) is 5.52. The quantitative estimate of drug-likeness (QED) is 0.682. The lowest BCUT2D eigenvalue weighted by molar-refractivity contribution is -0.254. The van der Waals surface area contributed by atoms with Crippen LogP contribution in [0.1, 0.15) is 26.5 Å². The largest absolute Gasteiger partial charge is 0.545 e. The van der Waals surface area contributed by atoms with E-state index >= 15 is 0 Å². The fourth-order valence-corrected chi connectivity index (χ4v) is 2.59. The van der Waals surface area contributed by atoms with Crippen molar-refractivity contribution in [3.63, 3.8) is 0 Å². The fraction of sp³-hybridized carbons (Fsp3) is 0.100. The molecule has 0 spiro atoms. The number of anilines is 1. The molecule has 132 valence electrons. The first-order valence-corrected chi connectivity index (χ1v) is 7.89. The molecule has 3 rings (SSSR count). The number of aromatic carboxylic acids is 1. The van der Waals surface area contributed by atoms with Gasteiger partial charge in [-0.1, -0.05) is 30.3 Å². The molecule has 0 N–H and O–H groups in total. The number of carbonyl (C=O) groups excluding carboxylic acids is 2. The van der Waals surface area contributed by atoms with Gasteiger partial charge in [0.25, 0.3) is 5.91 Å². The Kier molecular flexibility index (Phi) is 5.03. The Hall–Kier alpha value is -3.54. The molecule has 0 saturated heterocycles. The second kappa shape index (κ2) is 7.57. The highest BCUT2D eigenvalue weighted by Crippen LogP contribution is 2.25. The van der Waals surface area contributed by atoms with Gasteiger partial charge >= 0.3 is 0 Å². The van der Waals surface area contributed by atoms with E-state index in [-0.39, 0.29) is 23.6 Å². The summed E-state index contributed by atoms with van der Waals surface area (Å²) in [5.74, 6) is -0.994. The average molecular weight is 350 g/mol. The van der Waals surface area contributed by atoms with Crippen molar-refractivity contribution in [1.29, 1.82) is 0 Å². The molecule has 2 aromatic carbocycles. The van der Waals surface area contributed by atoms with Crippen molar-refractivity contribution >= 4 is 17.6 Å². The molecule has 1 heterocycles. The van der Waals surface area contributed by atoms with Crippen LogP contribution in [0.2, 0.25) is 0 Å². The van der Waals surface area contributed by atoms with Crippen molar-refractivity contribution in [3.05, 3.63) is 83.8 Å². The molecular weight excluding hydrogens is 334 g/mol. The van der Waals surface area contributed by atoms with Gasteiger partial charge in [-0.05, 0) is 35.9 Å². The summed E-state index contributed by atoms with van der Waals surface area (Å²) in [4.78, 5) is 25.7. The molecule has 1 amide bonds. The highest BCUT2D eigenvalue weighted by Gasteiger charge is 2.23. The Morgan fingerprint density at radius 1 is 1.04 bits per heavy atom. The molecule has 0 aliphatic rings. The first kappa shape index (κ1) is 17.3. The predicted molar refractivity (Wildman–Crippen MR) is 93.0 cm³/mol. The molecule has 1 aromatic heterocycles. The van der Waals surface area contributed by atoms with Crippen molar-refractivity contribution in [3.8, 4) is 5.75 Å². The fourth-order valence-electron chi connectivity index (χ4n) is 2.59. The van der Waals surface area contributed by atoms with Crippen LogP contribution < -0.4 is 14.7 Å². The molecule has 0 radical (unpaired) electrons. The minimum absolute atomic E-state index is 0.0686. The van der Waals surface area contributed by atoms with Gasteiger partial charge in [0.2, 0.25) is 0 Å². The normalized spacial score (nSPS) is 10.3. The van der Waals surface area contributed by atoms with Crippen LogP contribution in [0.5, 0.6) is 5.75 Å². The standard InChI is InChI=1S/C20H17NO5/c1-25-15-10-8-14(9-11-15)13-21(19(22)18-7-4-12-26-18)17-6-3-2-5-16(17)20(23)24/h2-12H,13H2,1H3,(H,23,24)/p-1. The minimum Gasteiger partial charge on any atom is -0.545 e. The summed E-state index contributed by atoms with van der Waals surface area (Å²) in [6.07, 6.45) is 1.39. The van der Waals surface area contributed by atoms with Crippen molar-refractivity contribution in [2.75, 3.05) is 12.0 Å². The highest BCUT2D eigenvalue weighted by molar-refractivity contribution is 6.07. The van der Waals surface area contributed by atoms with Crippen molar-refractivity contribution in [1.82, 2.24) is 0 Å². The Balaban J connectivity index is 2.02. The number of benzene rings is 2. The van der Waals surface area contributed by atoms with E-state index in [1.54, 1.807) is 43.5 Å². The van der Waals surface area contributed by atoms with Crippen LogP contribution in [-0.2, 0) is 6.54 Å². The van der Waals surface area contributed by atoms with Gasteiger partial charge in [0, 0.05) is 5.56 Å². The van der Waals surface area contributed by atoms with E-state index in [0.29, 0.717) is 5.75 Å². The molecule has 26 heavy (non-hydrogen) atoms. The maximum absolute atomic E-state index is 12.9.